The van der Waals surface area contributed by atoms with E-state index in [-0.39, 0.29) is 108 Å². The largest absolute Gasteiger partial charge is 0.456 e. The Morgan fingerprint density at radius 2 is 1.00 bits per heavy atom. The Labute approximate surface area is 509 Å². The number of likely N-dealkylation sites (N-methyl/N-ethyl adjacent to an activating group) is 4. The number of carbonyl (C=O) groups is 10. The van der Waals surface area contributed by atoms with Crippen LogP contribution in [0.2, 0.25) is 0 Å². The second-order valence-corrected chi connectivity index (χ2v) is 25.3. The number of rotatable bonds is 21. The van der Waals surface area contributed by atoms with Gasteiger partial charge in [-0.15, -0.1) is 0 Å². The van der Waals surface area contributed by atoms with E-state index in [9.17, 15) is 47.9 Å². The number of nitrogens with zero attached hydrogens (tertiary/aromatic N) is 4. The van der Waals surface area contributed by atoms with Gasteiger partial charge in [0, 0.05) is 164 Å². The standard InChI is InChI=1S/C68H81N5O14/c1-38-40(3)60(78)56(42(5)58(38)76)66(7,8)36-54(74)70(11)29-31-72(13)64(82)84-46-23-26-49-52(34-46)86-53-35-47(85-65(83)73(14)32-30-71(12)55(75)37-67(9,10)57-43(6)59(77)39(2)41(4)61(57)79)24-27-50(53)68(49)51-33-45(22-25-48(51)63(81)87-68)62(80)69-28-17-15-16-19-44-20-18-21-44/h22-27,33-35,44H,15-21,28-32,36-37H2,1-14H3,(H,69,80). The van der Waals surface area contributed by atoms with E-state index in [0.717, 1.165) is 25.2 Å². The van der Waals surface area contributed by atoms with Gasteiger partial charge in [0.05, 0.1) is 5.56 Å². The van der Waals surface area contributed by atoms with E-state index >= 15 is 0 Å². The van der Waals surface area contributed by atoms with Gasteiger partial charge in [0.25, 0.3) is 5.91 Å². The van der Waals surface area contributed by atoms with Crippen molar-refractivity contribution in [2.75, 3.05) is 60.9 Å². The van der Waals surface area contributed by atoms with Crippen molar-refractivity contribution in [3.63, 3.8) is 0 Å². The topological polar surface area (TPSA) is 233 Å². The van der Waals surface area contributed by atoms with Crippen LogP contribution >= 0.6 is 0 Å². The molecule has 0 saturated heterocycles. The summed E-state index contributed by atoms with van der Waals surface area (Å²) in [5, 5.41) is 3.03. The van der Waals surface area contributed by atoms with E-state index in [1.165, 1.54) is 83.6 Å². The Morgan fingerprint density at radius 3 is 1.45 bits per heavy atom. The molecular weight excluding hydrogens is 1110 g/mol. The van der Waals surface area contributed by atoms with Crippen LogP contribution in [0.5, 0.6) is 23.0 Å². The van der Waals surface area contributed by atoms with Crippen molar-refractivity contribution in [1.29, 1.82) is 0 Å². The van der Waals surface area contributed by atoms with E-state index < -0.39 is 34.6 Å². The van der Waals surface area contributed by atoms with Gasteiger partial charge in [-0.25, -0.2) is 14.4 Å². The molecule has 1 N–H and O–H groups in total. The lowest BCUT2D eigenvalue weighted by Crippen LogP contribution is -2.40. The van der Waals surface area contributed by atoms with Crippen LogP contribution < -0.4 is 19.5 Å². The number of esters is 1. The summed E-state index contributed by atoms with van der Waals surface area (Å²) in [4.78, 5) is 141. The minimum absolute atomic E-state index is 0.0407. The van der Waals surface area contributed by atoms with Crippen LogP contribution in [0.1, 0.15) is 164 Å². The molecule has 0 atom stereocenters. The number of nitrogens with one attached hydrogen (secondary N) is 1. The zero-order valence-corrected chi connectivity index (χ0v) is 52.7. The number of amides is 5. The summed E-state index contributed by atoms with van der Waals surface area (Å²) in [5.74, 6) is -1.46. The van der Waals surface area contributed by atoms with Gasteiger partial charge in [-0.05, 0) is 96.3 Å². The van der Waals surface area contributed by atoms with Crippen molar-refractivity contribution in [2.45, 2.75) is 133 Å². The van der Waals surface area contributed by atoms with Crippen molar-refractivity contribution in [1.82, 2.24) is 24.9 Å². The average Bonchev–Trinajstić information content (AvgIpc) is 1.63. The summed E-state index contributed by atoms with van der Waals surface area (Å²) in [6, 6.07) is 13.9. The summed E-state index contributed by atoms with van der Waals surface area (Å²) in [5.41, 5.74) is 0.659. The number of hydrogen-bond acceptors (Lipinski definition) is 14. The molecule has 0 aromatic heterocycles. The van der Waals surface area contributed by atoms with Crippen molar-refractivity contribution >= 4 is 59.0 Å². The van der Waals surface area contributed by atoms with Crippen LogP contribution in [-0.4, -0.2) is 140 Å². The fourth-order valence-corrected chi connectivity index (χ4v) is 12.2. The van der Waals surface area contributed by atoms with E-state index in [2.05, 4.69) is 5.32 Å². The molecule has 2 heterocycles. The Morgan fingerprint density at radius 1 is 0.552 bits per heavy atom. The molecule has 19 heteroatoms. The molecule has 87 heavy (non-hydrogen) atoms. The molecule has 2 aliphatic heterocycles. The van der Waals surface area contributed by atoms with Gasteiger partial charge in [-0.3, -0.25) is 33.6 Å². The highest BCUT2D eigenvalue weighted by Gasteiger charge is 2.54. The SMILES string of the molecule is CC1=C(C)C(=O)C(C(C)(C)CC(=O)N(C)CCN(C)C(=O)Oc2ccc3c(c2)Oc2cc(OC(=O)N(C)CCN(C)C(=O)CC(C)(C)C4=C(C)C(=O)C(C)=C(C)C4=O)ccc2C32OC(=O)c3ccc(C(=O)NCCCCCC4CCC4)cc32)=C(C)C1=O. The first-order valence-corrected chi connectivity index (χ1v) is 29.8. The van der Waals surface area contributed by atoms with Crippen LogP contribution in [0.15, 0.2) is 99.2 Å². The Kier molecular flexibility index (Phi) is 18.9. The molecule has 0 bridgehead atoms. The lowest BCUT2D eigenvalue weighted by atomic mass is 9.71. The van der Waals surface area contributed by atoms with Crippen molar-refractivity contribution in [3.05, 3.63) is 127 Å². The monoisotopic (exact) mass is 1190 g/mol. The van der Waals surface area contributed by atoms with Crippen LogP contribution in [0.25, 0.3) is 0 Å². The summed E-state index contributed by atoms with van der Waals surface area (Å²) in [7, 11) is 6.19. The summed E-state index contributed by atoms with van der Waals surface area (Å²) in [6.45, 7) is 17.5. The van der Waals surface area contributed by atoms with Gasteiger partial charge in [0.1, 0.15) is 23.0 Å². The Balaban J connectivity index is 0.984. The summed E-state index contributed by atoms with van der Waals surface area (Å²) < 4.78 is 24.7. The maximum Gasteiger partial charge on any atom is 0.415 e. The molecule has 1 spiro atoms. The first-order chi connectivity index (χ1) is 40.9. The van der Waals surface area contributed by atoms with Gasteiger partial charge < -0.3 is 43.9 Å². The third-order valence-electron chi connectivity index (χ3n) is 18.2. The van der Waals surface area contributed by atoms with E-state index in [4.69, 9.17) is 18.9 Å². The number of ketones is 4. The van der Waals surface area contributed by atoms with Crippen molar-refractivity contribution < 1.29 is 66.9 Å². The fraction of sp³-hybridized carbons (Fsp3) is 0.471. The molecule has 0 unspecified atom stereocenters. The van der Waals surface area contributed by atoms with Crippen molar-refractivity contribution in [2.24, 2.45) is 16.7 Å². The van der Waals surface area contributed by atoms with E-state index in [1.54, 1.807) is 114 Å². The van der Waals surface area contributed by atoms with Gasteiger partial charge in [0.15, 0.2) is 28.7 Å². The zero-order chi connectivity index (χ0) is 63.8. The molecule has 1 fully saturated rings. The normalized spacial score (nSPS) is 16.5. The molecule has 1 saturated carbocycles. The van der Waals surface area contributed by atoms with Gasteiger partial charge in [-0.2, -0.15) is 0 Å². The lowest BCUT2D eigenvalue weighted by molar-refractivity contribution is -0.132. The van der Waals surface area contributed by atoms with Crippen molar-refractivity contribution in [3.8, 4) is 23.0 Å². The second-order valence-electron chi connectivity index (χ2n) is 25.3. The maximum atomic E-state index is 14.0. The van der Waals surface area contributed by atoms with E-state index in [1.807, 2.05) is 0 Å². The molecule has 5 aliphatic rings. The first-order valence-electron chi connectivity index (χ1n) is 29.8. The number of Topliss-reactive ketones (excluding diaryl/α,β-unsaturated/α-hetero) is 4. The summed E-state index contributed by atoms with van der Waals surface area (Å²) >= 11 is 0. The quantitative estimate of drug-likeness (QED) is 0.0594. The van der Waals surface area contributed by atoms with Crippen LogP contribution in [0.4, 0.5) is 9.59 Å². The predicted molar refractivity (Wildman–Crippen MR) is 324 cm³/mol. The zero-order valence-electron chi connectivity index (χ0n) is 52.7. The highest BCUT2D eigenvalue weighted by atomic mass is 16.6. The Bertz CT molecular complexity index is 3380. The number of ether oxygens (including phenoxy) is 4. The highest BCUT2D eigenvalue weighted by molar-refractivity contribution is 6.26. The second kappa shape index (κ2) is 25.5. The summed E-state index contributed by atoms with van der Waals surface area (Å²) in [6.07, 6.45) is 6.32. The molecule has 3 aromatic rings. The molecule has 8 rings (SSSR count). The number of hydrogen-bond donors (Lipinski definition) is 1. The van der Waals surface area contributed by atoms with E-state index in [0.29, 0.717) is 73.4 Å². The number of carbonyl (C=O) groups excluding carboxylic acids is 10. The third-order valence-corrected chi connectivity index (χ3v) is 18.2. The molecular formula is C68H81N5O14. The van der Waals surface area contributed by atoms with Gasteiger partial charge >= 0.3 is 18.2 Å². The molecule has 19 nitrogen and oxygen atoms in total. The molecule has 0 radical (unpaired) electrons. The predicted octanol–water partition coefficient (Wildman–Crippen LogP) is 10.6. The fourth-order valence-electron chi connectivity index (χ4n) is 12.2. The smallest absolute Gasteiger partial charge is 0.415 e. The molecule has 3 aliphatic carbocycles. The highest BCUT2D eigenvalue weighted by Crippen LogP contribution is 2.57. The minimum atomic E-state index is -1.71. The van der Waals surface area contributed by atoms with Gasteiger partial charge in [-0.1, -0.05) is 66.2 Å². The maximum absolute atomic E-state index is 14.0. The molecule has 5 amide bonds. The number of fused-ring (bicyclic) bond motifs is 6. The Hall–Kier alpha value is -8.48. The molecule has 462 valence electrons. The van der Waals surface area contributed by atoms with Crippen LogP contribution in [0, 0.1) is 16.7 Å². The molecule has 3 aromatic carbocycles. The lowest BCUT2D eigenvalue weighted by Gasteiger charge is -2.36. The minimum Gasteiger partial charge on any atom is -0.456 e. The average molecular weight is 1190 g/mol. The van der Waals surface area contributed by atoms with Crippen LogP contribution in [0.3, 0.4) is 0 Å². The number of allylic oxidation sites excluding steroid dienone is 8. The first kappa shape index (κ1) is 64.5. The van der Waals surface area contributed by atoms with Gasteiger partial charge in [0.2, 0.25) is 11.8 Å². The number of benzene rings is 3. The third kappa shape index (κ3) is 13.0. The van der Waals surface area contributed by atoms with Crippen LogP contribution in [-0.2, 0) is 39.1 Å². The number of unbranched alkanes of at least 4 members (excludes halogenated alkanes) is 2.